The van der Waals surface area contributed by atoms with Crippen molar-refractivity contribution in [1.29, 1.82) is 0 Å². The predicted molar refractivity (Wildman–Crippen MR) is 63.8 cm³/mol. The van der Waals surface area contributed by atoms with Crippen molar-refractivity contribution in [2.75, 3.05) is 0 Å². The highest BCUT2D eigenvalue weighted by Gasteiger charge is 2.12. The molecule has 0 spiro atoms. The van der Waals surface area contributed by atoms with Crippen LogP contribution in [-0.2, 0) is 0 Å². The van der Waals surface area contributed by atoms with Gasteiger partial charge in [0.25, 0.3) is 0 Å². The Morgan fingerprint density at radius 1 is 1.13 bits per heavy atom. The van der Waals surface area contributed by atoms with E-state index in [1.165, 1.54) is 0 Å². The minimum absolute atomic E-state index is 0.334. The summed E-state index contributed by atoms with van der Waals surface area (Å²) in [5.41, 5.74) is 0.995. The molecule has 2 nitrogen and oxygen atoms in total. The molecule has 0 heterocycles. The van der Waals surface area contributed by atoms with E-state index in [9.17, 15) is 5.11 Å². The highest BCUT2D eigenvalue weighted by molar-refractivity contribution is 5.17. The Morgan fingerprint density at radius 3 is 2.27 bits per heavy atom. The van der Waals surface area contributed by atoms with Crippen molar-refractivity contribution in [2.45, 2.75) is 45.4 Å². The second-order valence-electron chi connectivity index (χ2n) is 4.38. The summed E-state index contributed by atoms with van der Waals surface area (Å²) in [5.74, 6) is 0. The van der Waals surface area contributed by atoms with E-state index in [0.29, 0.717) is 12.1 Å². The van der Waals surface area contributed by atoms with E-state index >= 15 is 0 Å². The van der Waals surface area contributed by atoms with Crippen molar-refractivity contribution in [3.8, 4) is 0 Å². The Morgan fingerprint density at radius 2 is 1.73 bits per heavy atom. The first-order chi connectivity index (χ1) is 7.09. The monoisotopic (exact) mass is 207 g/mol. The van der Waals surface area contributed by atoms with Gasteiger partial charge in [-0.1, -0.05) is 44.2 Å². The van der Waals surface area contributed by atoms with Gasteiger partial charge >= 0.3 is 0 Å². The summed E-state index contributed by atoms with van der Waals surface area (Å²) >= 11 is 0. The van der Waals surface area contributed by atoms with Crippen molar-refractivity contribution in [3.63, 3.8) is 0 Å². The highest BCUT2D eigenvalue weighted by Crippen LogP contribution is 2.17. The third-order valence-electron chi connectivity index (χ3n) is 2.38. The van der Waals surface area contributed by atoms with Crippen LogP contribution in [0.5, 0.6) is 0 Å². The van der Waals surface area contributed by atoms with Gasteiger partial charge in [-0.2, -0.15) is 0 Å². The molecule has 0 aliphatic carbocycles. The zero-order chi connectivity index (χ0) is 11.3. The Kier molecular flexibility index (Phi) is 4.79. The van der Waals surface area contributed by atoms with Crippen LogP contribution in [0, 0.1) is 0 Å². The van der Waals surface area contributed by atoms with Crippen LogP contribution < -0.4 is 5.32 Å². The molecule has 0 unspecified atom stereocenters. The smallest absolute Gasteiger partial charge is 0.0804 e. The molecule has 1 aromatic rings. The van der Waals surface area contributed by atoms with Gasteiger partial charge in [0, 0.05) is 12.1 Å². The zero-order valence-electron chi connectivity index (χ0n) is 9.77. The van der Waals surface area contributed by atoms with Gasteiger partial charge in [-0.3, -0.25) is 0 Å². The van der Waals surface area contributed by atoms with Crippen molar-refractivity contribution in [3.05, 3.63) is 35.9 Å². The molecule has 2 heteroatoms. The van der Waals surface area contributed by atoms with Crippen LogP contribution in [0.3, 0.4) is 0 Å². The molecule has 1 aromatic carbocycles. The Hall–Kier alpha value is -0.860. The molecule has 15 heavy (non-hydrogen) atoms. The summed E-state index contributed by atoms with van der Waals surface area (Å²) in [6, 6.07) is 10.6. The molecule has 0 saturated heterocycles. The fraction of sp³-hybridized carbons (Fsp3) is 0.538. The van der Waals surface area contributed by atoms with E-state index in [0.717, 1.165) is 12.0 Å². The molecule has 1 rings (SSSR count). The zero-order valence-corrected chi connectivity index (χ0v) is 9.77. The minimum Gasteiger partial charge on any atom is -0.388 e. The lowest BCUT2D eigenvalue weighted by molar-refractivity contribution is 0.152. The molecule has 0 aliphatic rings. The van der Waals surface area contributed by atoms with Crippen molar-refractivity contribution >= 4 is 0 Å². The van der Waals surface area contributed by atoms with E-state index in [4.69, 9.17) is 0 Å². The third-order valence-corrected chi connectivity index (χ3v) is 2.38. The van der Waals surface area contributed by atoms with E-state index in [2.05, 4.69) is 26.1 Å². The van der Waals surface area contributed by atoms with Crippen LogP contribution in [0.25, 0.3) is 0 Å². The largest absolute Gasteiger partial charge is 0.388 e. The molecule has 0 saturated carbocycles. The van der Waals surface area contributed by atoms with Gasteiger partial charge in [0.15, 0.2) is 0 Å². The van der Waals surface area contributed by atoms with Gasteiger partial charge in [0.2, 0.25) is 0 Å². The SMILES string of the molecule is CC(C)N[C@@H](C)C[C@H](O)c1ccccc1. The van der Waals surface area contributed by atoms with Gasteiger partial charge in [-0.05, 0) is 18.9 Å². The van der Waals surface area contributed by atoms with Gasteiger partial charge in [0.1, 0.15) is 0 Å². The lowest BCUT2D eigenvalue weighted by Gasteiger charge is -2.20. The van der Waals surface area contributed by atoms with Crippen LogP contribution in [0.2, 0.25) is 0 Å². The predicted octanol–water partition coefficient (Wildman–Crippen LogP) is 2.50. The Bertz CT molecular complexity index is 271. The van der Waals surface area contributed by atoms with E-state index in [1.54, 1.807) is 0 Å². The lowest BCUT2D eigenvalue weighted by Crippen LogP contribution is -2.33. The Balaban J connectivity index is 2.45. The maximum atomic E-state index is 9.96. The minimum atomic E-state index is -0.368. The fourth-order valence-electron chi connectivity index (χ4n) is 1.78. The number of hydrogen-bond acceptors (Lipinski definition) is 2. The quantitative estimate of drug-likeness (QED) is 0.777. The van der Waals surface area contributed by atoms with Crippen molar-refractivity contribution < 1.29 is 5.11 Å². The molecule has 0 aromatic heterocycles. The lowest BCUT2D eigenvalue weighted by atomic mass is 10.0. The number of hydrogen-bond donors (Lipinski definition) is 2. The molecule has 0 aliphatic heterocycles. The van der Waals surface area contributed by atoms with Crippen LogP contribution in [0.4, 0.5) is 0 Å². The third kappa shape index (κ3) is 4.45. The second kappa shape index (κ2) is 5.89. The van der Waals surface area contributed by atoms with Gasteiger partial charge in [0.05, 0.1) is 6.10 Å². The maximum absolute atomic E-state index is 9.96. The molecule has 0 radical (unpaired) electrons. The summed E-state index contributed by atoms with van der Waals surface area (Å²) < 4.78 is 0. The summed E-state index contributed by atoms with van der Waals surface area (Å²) in [6.45, 7) is 6.34. The molecular formula is C13H21NO. The first-order valence-corrected chi connectivity index (χ1v) is 5.58. The van der Waals surface area contributed by atoms with E-state index in [-0.39, 0.29) is 6.10 Å². The first kappa shape index (κ1) is 12.2. The molecule has 0 amide bonds. The van der Waals surface area contributed by atoms with Crippen LogP contribution in [0.15, 0.2) is 30.3 Å². The fourth-order valence-corrected chi connectivity index (χ4v) is 1.78. The average molecular weight is 207 g/mol. The van der Waals surface area contributed by atoms with Crippen LogP contribution in [0.1, 0.15) is 38.9 Å². The molecule has 0 fully saturated rings. The average Bonchev–Trinajstić information content (AvgIpc) is 2.17. The first-order valence-electron chi connectivity index (χ1n) is 5.58. The number of nitrogens with one attached hydrogen (secondary N) is 1. The highest BCUT2D eigenvalue weighted by atomic mass is 16.3. The van der Waals surface area contributed by atoms with Crippen molar-refractivity contribution in [2.24, 2.45) is 0 Å². The van der Waals surface area contributed by atoms with Gasteiger partial charge in [-0.15, -0.1) is 0 Å². The summed E-state index contributed by atoms with van der Waals surface area (Å²) in [7, 11) is 0. The number of rotatable bonds is 5. The summed E-state index contributed by atoms with van der Waals surface area (Å²) in [6.07, 6.45) is 0.384. The normalized spacial score (nSPS) is 15.3. The summed E-state index contributed by atoms with van der Waals surface area (Å²) in [4.78, 5) is 0. The molecule has 2 atom stereocenters. The number of aliphatic hydroxyl groups excluding tert-OH is 1. The van der Waals surface area contributed by atoms with Crippen LogP contribution in [-0.4, -0.2) is 17.2 Å². The summed E-state index contributed by atoms with van der Waals surface area (Å²) in [5, 5.41) is 13.3. The number of benzene rings is 1. The maximum Gasteiger partial charge on any atom is 0.0804 e. The Labute approximate surface area is 92.3 Å². The number of aliphatic hydroxyl groups is 1. The molecule has 84 valence electrons. The molecule has 2 N–H and O–H groups in total. The molecular weight excluding hydrogens is 186 g/mol. The van der Waals surface area contributed by atoms with E-state index < -0.39 is 0 Å². The van der Waals surface area contributed by atoms with E-state index in [1.807, 2.05) is 30.3 Å². The van der Waals surface area contributed by atoms with Crippen molar-refractivity contribution in [1.82, 2.24) is 5.32 Å². The van der Waals surface area contributed by atoms with Gasteiger partial charge < -0.3 is 10.4 Å². The van der Waals surface area contributed by atoms with Crippen LogP contribution >= 0.6 is 0 Å². The second-order valence-corrected chi connectivity index (χ2v) is 4.38. The standard InChI is InChI=1S/C13H21NO/c1-10(2)14-11(3)9-13(15)12-7-5-4-6-8-12/h4-8,10-11,13-15H,9H2,1-3H3/t11-,13-/m0/s1. The molecule has 0 bridgehead atoms. The topological polar surface area (TPSA) is 32.3 Å². The van der Waals surface area contributed by atoms with Gasteiger partial charge in [-0.25, -0.2) is 0 Å².